The summed E-state index contributed by atoms with van der Waals surface area (Å²) in [6, 6.07) is 3.65. The minimum Gasteiger partial charge on any atom is -0.338 e. The van der Waals surface area contributed by atoms with Crippen LogP contribution in [0.5, 0.6) is 0 Å². The zero-order chi connectivity index (χ0) is 13.8. The molecule has 2 aromatic heterocycles. The van der Waals surface area contributed by atoms with Gasteiger partial charge < -0.3 is 4.52 Å². The van der Waals surface area contributed by atoms with E-state index in [4.69, 9.17) is 4.52 Å². The number of aryl methyl sites for hydroxylation is 1. The summed E-state index contributed by atoms with van der Waals surface area (Å²) in [5.41, 5.74) is 1.44. The average Bonchev–Trinajstić information content (AvgIpc) is 2.86. The number of pyridine rings is 1. The molecule has 2 aromatic rings. The van der Waals surface area contributed by atoms with Gasteiger partial charge in [-0.2, -0.15) is 4.98 Å². The molecule has 0 spiro atoms. The quantitative estimate of drug-likeness (QED) is 0.829. The van der Waals surface area contributed by atoms with Crippen LogP contribution >= 0.6 is 0 Å². The monoisotopic (exact) mass is 267 g/mol. The molecule has 0 bridgehead atoms. The minimum atomic E-state index is -3.03. The fraction of sp³-hybridized carbons (Fsp3) is 0.333. The van der Waals surface area contributed by atoms with Crippen molar-refractivity contribution in [2.75, 3.05) is 0 Å². The van der Waals surface area contributed by atoms with Crippen LogP contribution < -0.4 is 0 Å². The molecule has 19 heavy (non-hydrogen) atoms. The van der Waals surface area contributed by atoms with Gasteiger partial charge in [0.05, 0.1) is 6.42 Å². The normalized spacial score (nSPS) is 10.9. The molecule has 2 rings (SSSR count). The minimum absolute atomic E-state index is 0.131. The zero-order valence-electron chi connectivity index (χ0n) is 10.1. The molecule has 0 aliphatic heterocycles. The fourth-order valence-electron chi connectivity index (χ4n) is 1.57. The first-order valence-electron chi connectivity index (χ1n) is 5.69. The highest BCUT2D eigenvalue weighted by Crippen LogP contribution is 2.18. The molecule has 0 radical (unpaired) electrons. The van der Waals surface area contributed by atoms with E-state index >= 15 is 0 Å². The molecule has 0 aliphatic rings. The second-order valence-corrected chi connectivity index (χ2v) is 3.82. The van der Waals surface area contributed by atoms with Gasteiger partial charge >= 0.3 is 0 Å². The number of carbonyl (C=O) groups excluding carboxylic acids is 1. The van der Waals surface area contributed by atoms with E-state index in [1.165, 1.54) is 0 Å². The van der Waals surface area contributed by atoms with E-state index in [1.807, 2.05) is 13.0 Å². The largest absolute Gasteiger partial charge is 0.338 e. The van der Waals surface area contributed by atoms with Crippen LogP contribution in [0.2, 0.25) is 0 Å². The van der Waals surface area contributed by atoms with Crippen molar-refractivity contribution < 1.29 is 18.1 Å². The Hall–Kier alpha value is -2.18. The number of alkyl halides is 2. The second kappa shape index (κ2) is 5.64. The number of hydrogen-bond acceptors (Lipinski definition) is 5. The van der Waals surface area contributed by atoms with Gasteiger partial charge in [0.1, 0.15) is 5.69 Å². The molecule has 0 aromatic carbocycles. The Morgan fingerprint density at radius 3 is 2.95 bits per heavy atom. The van der Waals surface area contributed by atoms with Gasteiger partial charge in [0.15, 0.2) is 0 Å². The number of aromatic nitrogens is 3. The van der Waals surface area contributed by atoms with Gasteiger partial charge in [-0.25, -0.2) is 8.78 Å². The van der Waals surface area contributed by atoms with E-state index in [9.17, 15) is 13.6 Å². The van der Waals surface area contributed by atoms with Crippen molar-refractivity contribution >= 4 is 5.78 Å². The van der Waals surface area contributed by atoms with E-state index in [0.29, 0.717) is 5.69 Å². The summed E-state index contributed by atoms with van der Waals surface area (Å²) in [6.07, 6.45) is -1.30. The van der Waals surface area contributed by atoms with Crippen LogP contribution in [0.3, 0.4) is 0 Å². The number of ketones is 1. The van der Waals surface area contributed by atoms with Gasteiger partial charge in [0.25, 0.3) is 6.43 Å². The topological polar surface area (TPSA) is 68.9 Å². The maximum Gasteiger partial charge on any atom is 0.296 e. The Labute approximate surface area is 107 Å². The molecular weight excluding hydrogens is 256 g/mol. The van der Waals surface area contributed by atoms with Crippen LogP contribution in [-0.2, 0) is 17.6 Å². The maximum atomic E-state index is 12.1. The Morgan fingerprint density at radius 1 is 1.47 bits per heavy atom. The highest BCUT2D eigenvalue weighted by Gasteiger charge is 2.20. The van der Waals surface area contributed by atoms with Gasteiger partial charge in [-0.05, 0) is 18.1 Å². The molecular formula is C12H11F2N3O2. The lowest BCUT2D eigenvalue weighted by molar-refractivity contribution is -0.129. The third-order valence-corrected chi connectivity index (χ3v) is 2.52. The first-order valence-corrected chi connectivity index (χ1v) is 5.69. The maximum absolute atomic E-state index is 12.1. The van der Waals surface area contributed by atoms with Crippen molar-refractivity contribution in [3.05, 3.63) is 29.8 Å². The third kappa shape index (κ3) is 2.98. The molecule has 0 fully saturated rings. The second-order valence-electron chi connectivity index (χ2n) is 3.82. The van der Waals surface area contributed by atoms with Gasteiger partial charge in [-0.15, -0.1) is 0 Å². The molecule has 5 nitrogen and oxygen atoms in total. The molecule has 0 N–H and O–H groups in total. The number of rotatable bonds is 5. The number of hydrogen-bond donors (Lipinski definition) is 0. The Morgan fingerprint density at radius 2 is 2.26 bits per heavy atom. The Kier molecular flexibility index (Phi) is 3.94. The zero-order valence-corrected chi connectivity index (χ0v) is 10.1. The molecule has 0 saturated heterocycles. The SMILES string of the molecule is CCc1cccnc1-c1noc(CC(=O)C(F)F)n1. The van der Waals surface area contributed by atoms with Crippen molar-refractivity contribution in [2.45, 2.75) is 26.2 Å². The van der Waals surface area contributed by atoms with Crippen molar-refractivity contribution in [3.8, 4) is 11.5 Å². The van der Waals surface area contributed by atoms with Crippen LogP contribution in [-0.4, -0.2) is 27.3 Å². The molecule has 0 amide bonds. The van der Waals surface area contributed by atoms with Crippen molar-refractivity contribution in [2.24, 2.45) is 0 Å². The van der Waals surface area contributed by atoms with Gasteiger partial charge in [0.2, 0.25) is 17.5 Å². The van der Waals surface area contributed by atoms with E-state index in [-0.39, 0.29) is 11.7 Å². The summed E-state index contributed by atoms with van der Waals surface area (Å²) in [6.45, 7) is 1.95. The van der Waals surface area contributed by atoms with Crippen LogP contribution in [0.1, 0.15) is 18.4 Å². The lowest BCUT2D eigenvalue weighted by Gasteiger charge is -2.00. The van der Waals surface area contributed by atoms with Gasteiger partial charge in [-0.3, -0.25) is 9.78 Å². The molecule has 100 valence electrons. The van der Waals surface area contributed by atoms with Crippen LogP contribution in [0.4, 0.5) is 8.78 Å². The lowest BCUT2D eigenvalue weighted by atomic mass is 10.1. The summed E-state index contributed by atoms with van der Waals surface area (Å²) in [5, 5.41) is 3.66. The number of nitrogens with zero attached hydrogens (tertiary/aromatic N) is 3. The van der Waals surface area contributed by atoms with Crippen molar-refractivity contribution in [1.29, 1.82) is 0 Å². The number of halogens is 2. The van der Waals surface area contributed by atoms with E-state index in [2.05, 4.69) is 15.1 Å². The predicted octanol–water partition coefficient (Wildman–Crippen LogP) is 2.07. The molecule has 0 saturated carbocycles. The van der Waals surface area contributed by atoms with E-state index in [0.717, 1.165) is 12.0 Å². The predicted molar refractivity (Wildman–Crippen MR) is 61.6 cm³/mol. The van der Waals surface area contributed by atoms with Gasteiger partial charge in [0, 0.05) is 6.20 Å². The smallest absolute Gasteiger partial charge is 0.296 e. The highest BCUT2D eigenvalue weighted by atomic mass is 19.3. The molecule has 0 unspecified atom stereocenters. The van der Waals surface area contributed by atoms with Crippen LogP contribution in [0.25, 0.3) is 11.5 Å². The van der Waals surface area contributed by atoms with Crippen LogP contribution in [0.15, 0.2) is 22.9 Å². The highest BCUT2D eigenvalue weighted by molar-refractivity contribution is 5.83. The molecule has 0 atom stereocenters. The first-order chi connectivity index (χ1) is 9.11. The molecule has 7 heteroatoms. The van der Waals surface area contributed by atoms with E-state index < -0.39 is 18.6 Å². The van der Waals surface area contributed by atoms with Gasteiger partial charge in [-0.1, -0.05) is 18.1 Å². The average molecular weight is 267 g/mol. The third-order valence-electron chi connectivity index (χ3n) is 2.52. The standard InChI is InChI=1S/C12H11F2N3O2/c1-2-7-4-3-5-15-10(7)12-16-9(19-17-12)6-8(18)11(13)14/h3-5,11H,2,6H2,1H3. The summed E-state index contributed by atoms with van der Waals surface area (Å²) < 4.78 is 29.0. The summed E-state index contributed by atoms with van der Waals surface area (Å²) in [5.74, 6) is -1.17. The van der Waals surface area contributed by atoms with Crippen molar-refractivity contribution in [3.63, 3.8) is 0 Å². The van der Waals surface area contributed by atoms with E-state index in [1.54, 1.807) is 12.3 Å². The van der Waals surface area contributed by atoms with Crippen LogP contribution in [0, 0.1) is 0 Å². The molecule has 2 heterocycles. The summed E-state index contributed by atoms with van der Waals surface area (Å²) in [7, 11) is 0. The fourth-order valence-corrected chi connectivity index (χ4v) is 1.57. The summed E-state index contributed by atoms with van der Waals surface area (Å²) in [4.78, 5) is 18.9. The van der Waals surface area contributed by atoms with Crippen molar-refractivity contribution in [1.82, 2.24) is 15.1 Å². The Bertz CT molecular complexity index is 584. The first kappa shape index (κ1) is 13.3. The lowest BCUT2D eigenvalue weighted by Crippen LogP contribution is -2.12. The Balaban J connectivity index is 2.23. The number of Topliss-reactive ketones (excluding diaryl/α,β-unsaturated/α-hetero) is 1. The molecule has 0 aliphatic carbocycles. The number of carbonyl (C=O) groups is 1. The summed E-state index contributed by atoms with van der Waals surface area (Å²) >= 11 is 0.